The topological polar surface area (TPSA) is 0 Å². The van der Waals surface area contributed by atoms with Crippen LogP contribution in [0.1, 0.15) is 54.4 Å². The molecule has 0 bridgehead atoms. The van der Waals surface area contributed by atoms with Gasteiger partial charge in [-0.3, -0.25) is 0 Å². The maximum Gasteiger partial charge on any atom is -0.0150 e. The Bertz CT molecular complexity index is 318. The summed E-state index contributed by atoms with van der Waals surface area (Å²) in [6.07, 6.45) is 3.00. The first-order valence-electron chi connectivity index (χ1n) is 7.39. The molecule has 1 spiro atoms. The number of rotatable bonds is 1. The summed E-state index contributed by atoms with van der Waals surface area (Å²) in [6, 6.07) is 0. The summed E-state index contributed by atoms with van der Waals surface area (Å²) in [7, 11) is 0. The maximum atomic E-state index is 2.60. The van der Waals surface area contributed by atoms with Crippen LogP contribution in [0.25, 0.3) is 0 Å². The SMILES string of the molecule is CC(C)C1CCC2(C)C(C)C(C)C23C(C)C13. The molecule has 7 atom stereocenters. The second-order valence-electron chi connectivity index (χ2n) is 7.69. The fourth-order valence-electron chi connectivity index (χ4n) is 6.59. The summed E-state index contributed by atoms with van der Waals surface area (Å²) < 4.78 is 0. The lowest BCUT2D eigenvalue weighted by molar-refractivity contribution is -0.163. The molecule has 3 fully saturated rings. The van der Waals surface area contributed by atoms with Gasteiger partial charge in [-0.1, -0.05) is 41.5 Å². The average Bonchev–Trinajstić information content (AvgIpc) is 2.87. The van der Waals surface area contributed by atoms with E-state index in [4.69, 9.17) is 0 Å². The normalized spacial score (nSPS) is 63.6. The summed E-state index contributed by atoms with van der Waals surface area (Å²) >= 11 is 0. The molecule has 3 saturated carbocycles. The van der Waals surface area contributed by atoms with Gasteiger partial charge in [0.2, 0.25) is 0 Å². The van der Waals surface area contributed by atoms with Gasteiger partial charge < -0.3 is 0 Å². The van der Waals surface area contributed by atoms with Crippen molar-refractivity contribution >= 4 is 0 Å². The Balaban J connectivity index is 1.95. The van der Waals surface area contributed by atoms with E-state index in [1.807, 2.05) is 0 Å². The highest BCUT2D eigenvalue weighted by Crippen LogP contribution is 2.87. The number of hydrogen-bond donors (Lipinski definition) is 0. The Morgan fingerprint density at radius 3 is 2.19 bits per heavy atom. The molecule has 3 aliphatic carbocycles. The van der Waals surface area contributed by atoms with E-state index in [1.54, 1.807) is 0 Å². The third kappa shape index (κ3) is 0.842. The van der Waals surface area contributed by atoms with Crippen LogP contribution in [0.3, 0.4) is 0 Å². The summed E-state index contributed by atoms with van der Waals surface area (Å²) in [5.41, 5.74) is 1.46. The summed E-state index contributed by atoms with van der Waals surface area (Å²) in [4.78, 5) is 0. The third-order valence-corrected chi connectivity index (χ3v) is 7.55. The Labute approximate surface area is 101 Å². The molecule has 92 valence electrons. The highest BCUT2D eigenvalue weighted by Gasteiger charge is 2.83. The predicted molar refractivity (Wildman–Crippen MR) is 69.1 cm³/mol. The molecule has 0 aromatic heterocycles. The first kappa shape index (κ1) is 11.1. The average molecular weight is 220 g/mol. The van der Waals surface area contributed by atoms with Crippen LogP contribution in [0.2, 0.25) is 0 Å². The lowest BCUT2D eigenvalue weighted by Gasteiger charge is -2.64. The quantitative estimate of drug-likeness (QED) is 0.606. The summed E-state index contributed by atoms with van der Waals surface area (Å²) in [6.45, 7) is 15.1. The molecule has 0 N–H and O–H groups in total. The minimum absolute atomic E-state index is 0.696. The van der Waals surface area contributed by atoms with Crippen LogP contribution < -0.4 is 0 Å². The lowest BCUT2D eigenvalue weighted by atomic mass is 9.40. The first-order chi connectivity index (χ1) is 7.39. The van der Waals surface area contributed by atoms with Crippen molar-refractivity contribution in [3.8, 4) is 0 Å². The molecular formula is C16H28. The summed E-state index contributed by atoms with van der Waals surface area (Å²) in [5, 5.41) is 0. The zero-order valence-corrected chi connectivity index (χ0v) is 11.9. The lowest BCUT2D eigenvalue weighted by Crippen LogP contribution is -2.58. The van der Waals surface area contributed by atoms with Crippen LogP contribution in [0.15, 0.2) is 0 Å². The minimum Gasteiger partial charge on any atom is -0.0625 e. The molecule has 7 unspecified atom stereocenters. The van der Waals surface area contributed by atoms with Crippen molar-refractivity contribution in [1.82, 2.24) is 0 Å². The van der Waals surface area contributed by atoms with E-state index >= 15 is 0 Å². The zero-order valence-electron chi connectivity index (χ0n) is 11.9. The van der Waals surface area contributed by atoms with Gasteiger partial charge in [0.1, 0.15) is 0 Å². The van der Waals surface area contributed by atoms with Gasteiger partial charge in [-0.05, 0) is 59.2 Å². The Hall–Kier alpha value is 0. The molecule has 0 heterocycles. The van der Waals surface area contributed by atoms with Crippen molar-refractivity contribution in [1.29, 1.82) is 0 Å². The Morgan fingerprint density at radius 1 is 1.00 bits per heavy atom. The monoisotopic (exact) mass is 220 g/mol. The largest absolute Gasteiger partial charge is 0.0625 e. The van der Waals surface area contributed by atoms with Crippen LogP contribution in [0, 0.1) is 46.3 Å². The van der Waals surface area contributed by atoms with Crippen LogP contribution in [0.5, 0.6) is 0 Å². The molecule has 0 aromatic rings. The van der Waals surface area contributed by atoms with Gasteiger partial charge >= 0.3 is 0 Å². The van der Waals surface area contributed by atoms with Crippen molar-refractivity contribution in [2.45, 2.75) is 54.4 Å². The van der Waals surface area contributed by atoms with Crippen LogP contribution >= 0.6 is 0 Å². The predicted octanol–water partition coefficient (Wildman–Crippen LogP) is 4.60. The fraction of sp³-hybridized carbons (Fsp3) is 1.00. The second-order valence-corrected chi connectivity index (χ2v) is 7.69. The van der Waals surface area contributed by atoms with Crippen LogP contribution in [-0.4, -0.2) is 0 Å². The molecule has 0 aromatic carbocycles. The van der Waals surface area contributed by atoms with Crippen molar-refractivity contribution in [2.75, 3.05) is 0 Å². The van der Waals surface area contributed by atoms with E-state index in [2.05, 4.69) is 41.5 Å². The second kappa shape index (κ2) is 2.87. The third-order valence-electron chi connectivity index (χ3n) is 7.55. The standard InChI is InChI=1S/C16H28/c1-9(2)13-7-8-15(6)10(3)11(4)16(15)12(5)14(13)16/h9-14H,7-8H2,1-6H3. The molecule has 0 aliphatic heterocycles. The summed E-state index contributed by atoms with van der Waals surface area (Å²) in [5.74, 6) is 5.96. The van der Waals surface area contributed by atoms with Crippen molar-refractivity contribution in [3.63, 3.8) is 0 Å². The van der Waals surface area contributed by atoms with Gasteiger partial charge in [-0.2, -0.15) is 0 Å². The molecule has 3 rings (SSSR count). The molecule has 0 saturated heterocycles. The van der Waals surface area contributed by atoms with Crippen molar-refractivity contribution < 1.29 is 0 Å². The highest BCUT2D eigenvalue weighted by atomic mass is 14.9. The Morgan fingerprint density at radius 2 is 1.62 bits per heavy atom. The van der Waals surface area contributed by atoms with E-state index in [1.165, 1.54) is 12.8 Å². The van der Waals surface area contributed by atoms with Gasteiger partial charge in [-0.25, -0.2) is 0 Å². The van der Waals surface area contributed by atoms with E-state index < -0.39 is 0 Å². The van der Waals surface area contributed by atoms with Gasteiger partial charge in [0.15, 0.2) is 0 Å². The molecule has 0 amide bonds. The fourth-order valence-corrected chi connectivity index (χ4v) is 6.59. The van der Waals surface area contributed by atoms with Gasteiger partial charge in [0.05, 0.1) is 0 Å². The van der Waals surface area contributed by atoms with E-state index in [0.717, 1.165) is 40.9 Å². The molecule has 0 radical (unpaired) electrons. The smallest absolute Gasteiger partial charge is 0.0150 e. The molecular weight excluding hydrogens is 192 g/mol. The van der Waals surface area contributed by atoms with E-state index in [9.17, 15) is 0 Å². The first-order valence-corrected chi connectivity index (χ1v) is 7.39. The van der Waals surface area contributed by atoms with Gasteiger partial charge in [0, 0.05) is 0 Å². The van der Waals surface area contributed by atoms with Crippen molar-refractivity contribution in [2.24, 2.45) is 46.3 Å². The number of hydrogen-bond acceptors (Lipinski definition) is 0. The van der Waals surface area contributed by atoms with E-state index in [0.29, 0.717) is 5.41 Å². The molecule has 0 heteroatoms. The molecule has 16 heavy (non-hydrogen) atoms. The highest BCUT2D eigenvalue weighted by molar-refractivity contribution is 5.30. The van der Waals surface area contributed by atoms with Crippen LogP contribution in [0.4, 0.5) is 0 Å². The molecule has 0 nitrogen and oxygen atoms in total. The molecule has 3 aliphatic rings. The Kier molecular flexibility index (Phi) is 1.99. The minimum atomic E-state index is 0.696. The zero-order chi connectivity index (χ0) is 11.9. The van der Waals surface area contributed by atoms with Crippen LogP contribution in [-0.2, 0) is 0 Å². The van der Waals surface area contributed by atoms with Gasteiger partial charge in [0.25, 0.3) is 0 Å². The van der Waals surface area contributed by atoms with E-state index in [-0.39, 0.29) is 0 Å². The van der Waals surface area contributed by atoms with Crippen molar-refractivity contribution in [3.05, 3.63) is 0 Å². The van der Waals surface area contributed by atoms with Gasteiger partial charge in [-0.15, -0.1) is 0 Å². The maximum absolute atomic E-state index is 2.60.